The van der Waals surface area contributed by atoms with Gasteiger partial charge >= 0.3 is 0 Å². The van der Waals surface area contributed by atoms with E-state index in [1.807, 2.05) is 0 Å². The largest absolute Gasteiger partial charge is 0.489 e. The van der Waals surface area contributed by atoms with E-state index >= 15 is 0 Å². The summed E-state index contributed by atoms with van der Waals surface area (Å²) in [4.78, 5) is 0. The summed E-state index contributed by atoms with van der Waals surface area (Å²) < 4.78 is 17.2. The molecule has 6 N–H and O–H groups in total. The van der Waals surface area contributed by atoms with Crippen molar-refractivity contribution in [3.05, 3.63) is 11.8 Å². The monoisotopic (exact) mass is 404 g/mol. The smallest absolute Gasteiger partial charge is 0.187 e. The van der Waals surface area contributed by atoms with E-state index < -0.39 is 66.1 Å². The zero-order valence-corrected chi connectivity index (χ0v) is 16.6. The minimum Gasteiger partial charge on any atom is -0.489 e. The summed E-state index contributed by atoms with van der Waals surface area (Å²) in [6, 6.07) is 0. The van der Waals surface area contributed by atoms with Gasteiger partial charge in [0, 0.05) is 18.3 Å². The lowest BCUT2D eigenvalue weighted by Gasteiger charge is -2.62. The first-order valence-electron chi connectivity index (χ1n) is 9.60. The van der Waals surface area contributed by atoms with Gasteiger partial charge in [-0.3, -0.25) is 0 Å². The maximum Gasteiger partial charge on any atom is 0.187 e. The molecule has 1 saturated heterocycles. The van der Waals surface area contributed by atoms with Crippen molar-refractivity contribution in [3.63, 3.8) is 0 Å². The van der Waals surface area contributed by atoms with Gasteiger partial charge in [-0.2, -0.15) is 0 Å². The third-order valence-corrected chi connectivity index (χ3v) is 6.80. The number of hydrogen-bond acceptors (Lipinski definition) is 9. The second-order valence-corrected chi connectivity index (χ2v) is 8.96. The summed E-state index contributed by atoms with van der Waals surface area (Å²) in [5, 5.41) is 62.0. The second kappa shape index (κ2) is 7.17. The molecule has 2 fully saturated rings. The van der Waals surface area contributed by atoms with Crippen LogP contribution < -0.4 is 0 Å². The molecule has 0 aromatic heterocycles. The molecule has 9 nitrogen and oxygen atoms in total. The molecule has 2 aliphatic heterocycles. The highest BCUT2D eigenvalue weighted by Crippen LogP contribution is 2.56. The maximum atomic E-state index is 11.6. The predicted octanol–water partition coefficient (Wildman–Crippen LogP) is -1.22. The molecule has 3 aliphatic rings. The lowest BCUT2D eigenvalue weighted by atomic mass is 9.54. The first-order valence-corrected chi connectivity index (χ1v) is 9.60. The molecule has 28 heavy (non-hydrogen) atoms. The van der Waals surface area contributed by atoms with Gasteiger partial charge in [0.2, 0.25) is 0 Å². The van der Waals surface area contributed by atoms with Crippen molar-refractivity contribution in [1.82, 2.24) is 0 Å². The molecule has 1 aliphatic carbocycles. The molecule has 0 bridgehead atoms. The Balaban J connectivity index is 1.88. The van der Waals surface area contributed by atoms with Crippen LogP contribution in [0.15, 0.2) is 11.8 Å². The van der Waals surface area contributed by atoms with Crippen molar-refractivity contribution in [1.29, 1.82) is 0 Å². The summed E-state index contributed by atoms with van der Waals surface area (Å²) >= 11 is 0. The van der Waals surface area contributed by atoms with E-state index in [9.17, 15) is 30.6 Å². The third-order valence-electron chi connectivity index (χ3n) is 6.80. The molecule has 0 aromatic rings. The number of aliphatic hydroxyl groups is 6. The molecule has 1 saturated carbocycles. The van der Waals surface area contributed by atoms with Gasteiger partial charge in [-0.05, 0) is 19.9 Å². The molecular formula is C19H32O9. The van der Waals surface area contributed by atoms with Crippen molar-refractivity contribution in [3.8, 4) is 0 Å². The van der Waals surface area contributed by atoms with E-state index in [2.05, 4.69) is 0 Å². The number of rotatable bonds is 3. The summed E-state index contributed by atoms with van der Waals surface area (Å²) in [6.45, 7) is 6.43. The Hall–Kier alpha value is -0.780. The molecule has 0 radical (unpaired) electrons. The average molecular weight is 404 g/mol. The van der Waals surface area contributed by atoms with Crippen LogP contribution in [0.4, 0.5) is 0 Å². The molecule has 0 spiro atoms. The van der Waals surface area contributed by atoms with Crippen molar-refractivity contribution in [2.24, 2.45) is 5.41 Å². The van der Waals surface area contributed by atoms with Crippen LogP contribution in [0.1, 0.15) is 40.5 Å². The van der Waals surface area contributed by atoms with Crippen LogP contribution in [0.25, 0.3) is 0 Å². The topological polar surface area (TPSA) is 149 Å². The van der Waals surface area contributed by atoms with Crippen LogP contribution in [0.2, 0.25) is 0 Å². The Labute approximate surface area is 164 Å². The number of hydrogen-bond donors (Lipinski definition) is 6. The van der Waals surface area contributed by atoms with Gasteiger partial charge in [0.25, 0.3) is 0 Å². The van der Waals surface area contributed by atoms with E-state index in [1.54, 1.807) is 33.8 Å². The van der Waals surface area contributed by atoms with Crippen LogP contribution in [0.3, 0.4) is 0 Å². The molecule has 2 heterocycles. The van der Waals surface area contributed by atoms with Gasteiger partial charge in [0.1, 0.15) is 35.6 Å². The summed E-state index contributed by atoms with van der Waals surface area (Å²) in [6.07, 6.45) is -7.06. The Kier molecular flexibility index (Phi) is 5.61. The lowest BCUT2D eigenvalue weighted by molar-refractivity contribution is -0.357. The zero-order chi connectivity index (χ0) is 21.1. The molecule has 1 unspecified atom stereocenters. The maximum absolute atomic E-state index is 11.6. The van der Waals surface area contributed by atoms with Crippen LogP contribution in [-0.2, 0) is 14.2 Å². The van der Waals surface area contributed by atoms with Crippen LogP contribution in [0, 0.1) is 5.41 Å². The van der Waals surface area contributed by atoms with E-state index in [4.69, 9.17) is 14.2 Å². The Bertz CT molecular complexity index is 621. The number of allylic oxidation sites excluding steroid dienone is 1. The normalized spacial score (nSPS) is 51.1. The first-order chi connectivity index (χ1) is 12.9. The fraction of sp³-hybridized carbons (Fsp3) is 0.895. The molecule has 9 atom stereocenters. The molecule has 9 heteroatoms. The van der Waals surface area contributed by atoms with E-state index in [1.165, 1.54) is 0 Å². The van der Waals surface area contributed by atoms with Crippen LogP contribution in [0.5, 0.6) is 0 Å². The minimum atomic E-state index is -1.59. The molecule has 162 valence electrons. The Morgan fingerprint density at radius 1 is 1.11 bits per heavy atom. The van der Waals surface area contributed by atoms with Crippen LogP contribution >= 0.6 is 0 Å². The first kappa shape index (κ1) is 21.9. The highest BCUT2D eigenvalue weighted by atomic mass is 16.7. The Morgan fingerprint density at radius 3 is 2.36 bits per heavy atom. The Morgan fingerprint density at radius 2 is 1.75 bits per heavy atom. The van der Waals surface area contributed by atoms with Gasteiger partial charge in [-0.1, -0.05) is 13.8 Å². The van der Waals surface area contributed by atoms with Crippen molar-refractivity contribution < 1.29 is 44.8 Å². The second-order valence-electron chi connectivity index (χ2n) is 8.96. The molecule has 0 amide bonds. The SMILES string of the molecule is CC1=CC[C@]2(O)C(C)(C[C@@H](O)[C@H](O[C@@H]3O[C@H](CO)[C@@H](O)[C@H](O)[C@H]3O)C2(C)C)O1. The van der Waals surface area contributed by atoms with E-state index in [-0.39, 0.29) is 6.42 Å². The van der Waals surface area contributed by atoms with E-state index in [0.29, 0.717) is 12.2 Å². The average Bonchev–Trinajstić information content (AvgIpc) is 2.61. The van der Waals surface area contributed by atoms with Gasteiger partial charge in [0.15, 0.2) is 6.29 Å². The number of ether oxygens (including phenoxy) is 3. The molecule has 0 aromatic carbocycles. The highest BCUT2D eigenvalue weighted by Gasteiger charge is 2.67. The van der Waals surface area contributed by atoms with Crippen LogP contribution in [-0.4, -0.2) is 91.4 Å². The summed E-state index contributed by atoms with van der Waals surface area (Å²) in [5.74, 6) is 0.670. The standard InChI is InChI=1S/C19H32O9/c1-9-5-6-19(25)17(2,3)15(10(21)7-18(19,4)28-9)27-16-14(24)13(23)12(22)11(8-20)26-16/h5,10-16,20-25H,6-8H2,1-4H3/t10-,11-,12-,13+,14-,15+,16+,18?,19-/m1/s1. The fourth-order valence-corrected chi connectivity index (χ4v) is 4.95. The van der Waals surface area contributed by atoms with Crippen molar-refractivity contribution in [2.75, 3.05) is 6.61 Å². The van der Waals surface area contributed by atoms with Gasteiger partial charge in [-0.15, -0.1) is 0 Å². The number of aliphatic hydroxyl groups excluding tert-OH is 5. The van der Waals surface area contributed by atoms with Gasteiger partial charge in [0.05, 0.1) is 24.6 Å². The van der Waals surface area contributed by atoms with Crippen molar-refractivity contribution >= 4 is 0 Å². The molecular weight excluding hydrogens is 372 g/mol. The van der Waals surface area contributed by atoms with Gasteiger partial charge < -0.3 is 44.8 Å². The molecule has 3 rings (SSSR count). The quantitative estimate of drug-likeness (QED) is 0.340. The van der Waals surface area contributed by atoms with E-state index in [0.717, 1.165) is 0 Å². The van der Waals surface area contributed by atoms with Crippen molar-refractivity contribution in [2.45, 2.75) is 94.7 Å². The third kappa shape index (κ3) is 3.09. The summed E-state index contributed by atoms with van der Waals surface area (Å²) in [5.41, 5.74) is -3.45. The highest BCUT2D eigenvalue weighted by molar-refractivity contribution is 5.22. The predicted molar refractivity (Wildman–Crippen MR) is 95.9 cm³/mol. The minimum absolute atomic E-state index is 0.0835. The fourth-order valence-electron chi connectivity index (χ4n) is 4.95. The lowest BCUT2D eigenvalue weighted by Crippen LogP contribution is -2.74. The number of fused-ring (bicyclic) bond motifs is 1. The van der Waals surface area contributed by atoms with Gasteiger partial charge in [-0.25, -0.2) is 0 Å². The summed E-state index contributed by atoms with van der Waals surface area (Å²) in [7, 11) is 0. The zero-order valence-electron chi connectivity index (χ0n) is 16.6.